The maximum absolute atomic E-state index is 14.4. The van der Waals surface area contributed by atoms with E-state index in [1.54, 1.807) is 6.08 Å². The fraction of sp³-hybridized carbons (Fsp3) is 0.500. The van der Waals surface area contributed by atoms with Crippen LogP contribution in [0.25, 0.3) is 0 Å². The van der Waals surface area contributed by atoms with Crippen LogP contribution in [0.5, 0.6) is 17.2 Å². The van der Waals surface area contributed by atoms with Gasteiger partial charge in [-0.25, -0.2) is 0 Å². The molecule has 0 amide bonds. The number of hydrogen-bond donors (Lipinski definition) is 2. The number of fused-ring (bicyclic) bond motifs is 1. The number of benzene rings is 1. The molecule has 1 saturated carbocycles. The number of phenolic OH excluding ortho intramolecular Hbond substituents is 2. The summed E-state index contributed by atoms with van der Waals surface area (Å²) in [6.45, 7) is 15.5. The van der Waals surface area contributed by atoms with E-state index >= 15 is 0 Å². The molecule has 2 N–H and O–H groups in total. The number of hydrogen-bond acceptors (Lipinski definition) is 6. The van der Waals surface area contributed by atoms with Gasteiger partial charge in [0.1, 0.15) is 28.4 Å². The summed E-state index contributed by atoms with van der Waals surface area (Å²) in [7, 11) is 0. The Balaban J connectivity index is 1.79. The predicted octanol–water partition coefficient (Wildman–Crippen LogP) is 4.92. The van der Waals surface area contributed by atoms with Gasteiger partial charge < -0.3 is 19.7 Å². The molecule has 1 saturated heterocycles. The van der Waals surface area contributed by atoms with Gasteiger partial charge in [0, 0.05) is 47.3 Å². The van der Waals surface area contributed by atoms with E-state index in [0.29, 0.717) is 18.4 Å². The summed E-state index contributed by atoms with van der Waals surface area (Å²) >= 11 is 0. The number of rotatable bonds is 4. The van der Waals surface area contributed by atoms with Crippen LogP contribution in [0.3, 0.4) is 0 Å². The summed E-state index contributed by atoms with van der Waals surface area (Å²) in [5.74, 6) is -1.53. The first-order valence-corrected chi connectivity index (χ1v) is 11.8. The van der Waals surface area contributed by atoms with Crippen molar-refractivity contribution in [3.63, 3.8) is 0 Å². The van der Waals surface area contributed by atoms with Gasteiger partial charge >= 0.3 is 0 Å². The maximum atomic E-state index is 14.4. The third kappa shape index (κ3) is 2.60. The Morgan fingerprint density at radius 3 is 2.53 bits per heavy atom. The van der Waals surface area contributed by atoms with E-state index in [1.165, 1.54) is 0 Å². The molecule has 1 aromatic carbocycles. The molecule has 0 radical (unpaired) electrons. The fourth-order valence-corrected chi connectivity index (χ4v) is 6.50. The summed E-state index contributed by atoms with van der Waals surface area (Å²) in [5, 5.41) is 21.5. The summed E-state index contributed by atoms with van der Waals surface area (Å²) < 4.78 is 13.1. The number of aromatic hydroxyl groups is 2. The Morgan fingerprint density at radius 1 is 1.24 bits per heavy atom. The van der Waals surface area contributed by atoms with E-state index in [9.17, 15) is 19.8 Å². The lowest BCUT2D eigenvalue weighted by Gasteiger charge is -2.53. The Bertz CT molecular complexity index is 1230. The van der Waals surface area contributed by atoms with Crippen molar-refractivity contribution in [1.82, 2.24) is 0 Å². The van der Waals surface area contributed by atoms with Gasteiger partial charge in [0.25, 0.3) is 0 Å². The number of allylic oxidation sites excluding steroid dienone is 2. The van der Waals surface area contributed by atoms with Gasteiger partial charge in [-0.15, -0.1) is 6.58 Å². The fourth-order valence-electron chi connectivity index (χ4n) is 6.50. The lowest BCUT2D eigenvalue weighted by molar-refractivity contribution is -0.166. The second-order valence-corrected chi connectivity index (χ2v) is 11.5. The summed E-state index contributed by atoms with van der Waals surface area (Å²) in [6.07, 6.45) is 6.21. The average Bonchev–Trinajstić information content (AvgIpc) is 2.93. The van der Waals surface area contributed by atoms with Gasteiger partial charge in [0.15, 0.2) is 5.60 Å². The second kappa shape index (κ2) is 6.63. The van der Waals surface area contributed by atoms with Crippen LogP contribution in [0.15, 0.2) is 42.0 Å². The van der Waals surface area contributed by atoms with Crippen LogP contribution in [0.2, 0.25) is 0 Å². The van der Waals surface area contributed by atoms with E-state index in [2.05, 4.69) is 6.58 Å². The SMILES string of the molecule is C=CC(C)(C)c1c(O)cc(O)c2c1OC13CC4C(C=C1C2=O)C(CC=C(C)C)(OC4(C)C)C3=O. The summed E-state index contributed by atoms with van der Waals surface area (Å²) in [6, 6.07) is 1.16. The normalized spacial score (nSPS) is 32.5. The monoisotopic (exact) mass is 464 g/mol. The third-order valence-corrected chi connectivity index (χ3v) is 8.31. The van der Waals surface area contributed by atoms with E-state index in [4.69, 9.17) is 9.47 Å². The first kappa shape index (κ1) is 22.9. The molecule has 34 heavy (non-hydrogen) atoms. The summed E-state index contributed by atoms with van der Waals surface area (Å²) in [5.41, 5.74) is -2.39. The highest BCUT2D eigenvalue weighted by Crippen LogP contribution is 2.65. The van der Waals surface area contributed by atoms with Crippen LogP contribution in [0, 0.1) is 11.8 Å². The lowest BCUT2D eigenvalue weighted by atomic mass is 9.53. The van der Waals surface area contributed by atoms with Crippen molar-refractivity contribution >= 4 is 11.6 Å². The van der Waals surface area contributed by atoms with Gasteiger partial charge in [0.05, 0.1) is 5.60 Å². The largest absolute Gasteiger partial charge is 0.507 e. The van der Waals surface area contributed by atoms with Crippen LogP contribution in [0.4, 0.5) is 0 Å². The molecule has 6 rings (SSSR count). The molecule has 180 valence electrons. The molecule has 1 spiro atoms. The van der Waals surface area contributed by atoms with Crippen LogP contribution in [-0.4, -0.2) is 38.6 Å². The minimum absolute atomic E-state index is 0.0224. The first-order valence-electron chi connectivity index (χ1n) is 11.8. The van der Waals surface area contributed by atoms with E-state index in [1.807, 2.05) is 53.7 Å². The molecule has 3 aliphatic carbocycles. The Hall–Kier alpha value is -2.86. The van der Waals surface area contributed by atoms with Crippen molar-refractivity contribution in [1.29, 1.82) is 0 Å². The number of carbonyl (C=O) groups excluding carboxylic acids is 2. The predicted molar refractivity (Wildman–Crippen MR) is 127 cm³/mol. The standard InChI is InChI=1S/C28H32O6/c1-8-25(4,5)21-19(30)12-18(29)20-22(31)16-11-15-17-13-28(16,33-23(20)21)24(32)27(15,10-9-14(2)3)34-26(17,6)7/h8-9,11-12,15,17,29-30H,1,10,13H2,2-7H3. The van der Waals surface area contributed by atoms with Crippen molar-refractivity contribution in [3.8, 4) is 17.2 Å². The smallest absolute Gasteiger partial charge is 0.213 e. The number of phenols is 2. The first-order chi connectivity index (χ1) is 15.7. The highest BCUT2D eigenvalue weighted by Gasteiger charge is 2.76. The van der Waals surface area contributed by atoms with Crippen molar-refractivity contribution in [2.45, 2.75) is 76.6 Å². The lowest BCUT2D eigenvalue weighted by Crippen LogP contribution is -2.68. The van der Waals surface area contributed by atoms with Gasteiger partial charge in [-0.3, -0.25) is 9.59 Å². The van der Waals surface area contributed by atoms with Gasteiger partial charge in [0.2, 0.25) is 11.6 Å². The Kier molecular flexibility index (Phi) is 4.47. The molecular formula is C28H32O6. The van der Waals surface area contributed by atoms with Gasteiger partial charge in [-0.2, -0.15) is 0 Å². The topological polar surface area (TPSA) is 93.1 Å². The molecule has 4 unspecified atom stereocenters. The molecule has 6 heteroatoms. The van der Waals surface area contributed by atoms with E-state index in [0.717, 1.165) is 11.6 Å². The molecule has 6 nitrogen and oxygen atoms in total. The highest BCUT2D eigenvalue weighted by atomic mass is 16.6. The zero-order chi connectivity index (χ0) is 25.0. The number of Topliss-reactive ketones (excluding diaryl/α,β-unsaturated/α-hetero) is 2. The molecule has 2 heterocycles. The van der Waals surface area contributed by atoms with Crippen LogP contribution < -0.4 is 4.74 Å². The maximum Gasteiger partial charge on any atom is 0.213 e. The average molecular weight is 465 g/mol. The quantitative estimate of drug-likeness (QED) is 0.614. The molecule has 1 aromatic rings. The molecule has 5 aliphatic rings. The number of carbonyl (C=O) groups is 2. The van der Waals surface area contributed by atoms with Gasteiger partial charge in [-0.1, -0.05) is 37.6 Å². The molecule has 4 atom stereocenters. The third-order valence-electron chi connectivity index (χ3n) is 8.31. The van der Waals surface area contributed by atoms with Crippen molar-refractivity contribution < 1.29 is 29.3 Å². The van der Waals surface area contributed by atoms with E-state index < -0.39 is 28.0 Å². The van der Waals surface area contributed by atoms with Crippen molar-refractivity contribution in [3.05, 3.63) is 53.1 Å². The Morgan fingerprint density at radius 2 is 1.91 bits per heavy atom. The molecular weight excluding hydrogens is 432 g/mol. The molecule has 2 aliphatic heterocycles. The molecule has 2 fully saturated rings. The highest BCUT2D eigenvalue weighted by molar-refractivity contribution is 6.21. The second-order valence-electron chi connectivity index (χ2n) is 11.5. The van der Waals surface area contributed by atoms with Crippen molar-refractivity contribution in [2.75, 3.05) is 0 Å². The zero-order valence-electron chi connectivity index (χ0n) is 20.6. The minimum atomic E-state index is -1.53. The molecule has 4 bridgehead atoms. The zero-order valence-corrected chi connectivity index (χ0v) is 20.6. The van der Waals surface area contributed by atoms with Crippen LogP contribution in [0.1, 0.15) is 70.3 Å². The minimum Gasteiger partial charge on any atom is -0.507 e. The summed E-state index contributed by atoms with van der Waals surface area (Å²) in [4.78, 5) is 28.2. The number of ether oxygens (including phenoxy) is 2. The van der Waals surface area contributed by atoms with Crippen LogP contribution in [-0.2, 0) is 14.9 Å². The number of ketones is 2. The van der Waals surface area contributed by atoms with E-state index in [-0.39, 0.29) is 46.0 Å². The Labute approximate surface area is 200 Å². The molecule has 0 aromatic heterocycles. The van der Waals surface area contributed by atoms with Crippen LogP contribution >= 0.6 is 0 Å². The van der Waals surface area contributed by atoms with Crippen molar-refractivity contribution in [2.24, 2.45) is 11.8 Å². The van der Waals surface area contributed by atoms with Gasteiger partial charge in [-0.05, 0) is 27.7 Å².